The van der Waals surface area contributed by atoms with E-state index in [1.165, 1.54) is 44.7 Å². The molecule has 9 rings (SSSR count). The van der Waals surface area contributed by atoms with Gasteiger partial charge in [0.25, 0.3) is 0 Å². The Hall–Kier alpha value is -6.33. The number of hydrogen-bond acceptors (Lipinski definition) is 4. The molecule has 0 spiro atoms. The minimum absolute atomic E-state index is 0.0256. The van der Waals surface area contributed by atoms with Crippen LogP contribution in [0.1, 0.15) is 77.6 Å². The quantitative estimate of drug-likeness (QED) is 0.162. The van der Waals surface area contributed by atoms with Crippen molar-refractivity contribution >= 4 is 44.6 Å². The van der Waals surface area contributed by atoms with Gasteiger partial charge in [0.05, 0.1) is 22.4 Å². The van der Waals surface area contributed by atoms with E-state index in [4.69, 9.17) is 9.72 Å². The van der Waals surface area contributed by atoms with Gasteiger partial charge < -0.3 is 14.5 Å². The average Bonchev–Trinajstić information content (AvgIpc) is 3.77. The maximum absolute atomic E-state index is 6.74. The van der Waals surface area contributed by atoms with Gasteiger partial charge in [-0.15, -0.1) is 0 Å². The Labute approximate surface area is 343 Å². The van der Waals surface area contributed by atoms with Crippen molar-refractivity contribution in [3.05, 3.63) is 180 Å². The van der Waals surface area contributed by atoms with E-state index in [2.05, 4.69) is 215 Å². The van der Waals surface area contributed by atoms with Crippen molar-refractivity contribution in [2.45, 2.75) is 71.6 Å². The fourth-order valence-corrected chi connectivity index (χ4v) is 8.35. The van der Waals surface area contributed by atoms with E-state index in [1.807, 2.05) is 12.3 Å². The van der Waals surface area contributed by atoms with E-state index in [9.17, 15) is 0 Å². The molecule has 58 heavy (non-hydrogen) atoms. The SMILES string of the molecule is CC(C)(C)c1cc(N2CN(c3cccc(Oc4ccc5c6ccccc6n(-c6cc(C(C)(C)c7ccccc7)ccn6)c5c4)c3)c3ccccc32)cc(C(C)(C)C)c1. The molecule has 8 aromatic rings. The summed E-state index contributed by atoms with van der Waals surface area (Å²) in [7, 11) is 0. The summed E-state index contributed by atoms with van der Waals surface area (Å²) < 4.78 is 9.01. The summed E-state index contributed by atoms with van der Waals surface area (Å²) in [6.45, 7) is 19.0. The topological polar surface area (TPSA) is 33.5 Å². The zero-order chi connectivity index (χ0) is 40.4. The van der Waals surface area contributed by atoms with Gasteiger partial charge in [0.2, 0.25) is 0 Å². The lowest BCUT2D eigenvalue weighted by molar-refractivity contribution is 0.483. The van der Waals surface area contributed by atoms with Crippen LogP contribution in [0.25, 0.3) is 27.6 Å². The number of rotatable bonds is 7. The zero-order valence-corrected chi connectivity index (χ0v) is 34.9. The Kier molecular flexibility index (Phi) is 8.96. The number of hydrogen-bond donors (Lipinski definition) is 0. The molecule has 0 unspecified atom stereocenters. The Bertz CT molecular complexity index is 2770. The van der Waals surface area contributed by atoms with Crippen LogP contribution in [-0.2, 0) is 16.2 Å². The summed E-state index contributed by atoms with van der Waals surface area (Å²) in [5.41, 5.74) is 11.8. The first kappa shape index (κ1) is 37.3. The highest BCUT2D eigenvalue weighted by Gasteiger charge is 2.31. The van der Waals surface area contributed by atoms with Crippen LogP contribution in [-0.4, -0.2) is 16.2 Å². The van der Waals surface area contributed by atoms with Gasteiger partial charge in [-0.05, 0) is 99.8 Å². The van der Waals surface area contributed by atoms with Crippen molar-refractivity contribution in [1.82, 2.24) is 9.55 Å². The first-order chi connectivity index (χ1) is 27.8. The number of ether oxygens (including phenoxy) is 1. The second kappa shape index (κ2) is 13.9. The molecule has 0 fully saturated rings. The predicted octanol–water partition coefficient (Wildman–Crippen LogP) is 14.1. The van der Waals surface area contributed by atoms with Gasteiger partial charge in [-0.25, -0.2) is 4.98 Å². The zero-order valence-electron chi connectivity index (χ0n) is 34.9. The molecule has 0 radical (unpaired) electrons. The fraction of sp³-hybridized carbons (Fsp3) is 0.226. The van der Waals surface area contributed by atoms with Crippen molar-refractivity contribution in [1.29, 1.82) is 0 Å². The lowest BCUT2D eigenvalue weighted by atomic mass is 9.78. The van der Waals surface area contributed by atoms with Crippen molar-refractivity contribution < 1.29 is 4.74 Å². The van der Waals surface area contributed by atoms with Crippen molar-refractivity contribution in [2.75, 3.05) is 16.5 Å². The third-order valence-corrected chi connectivity index (χ3v) is 11.9. The first-order valence-electron chi connectivity index (χ1n) is 20.4. The maximum atomic E-state index is 6.74. The van der Waals surface area contributed by atoms with Crippen LogP contribution in [0.4, 0.5) is 22.7 Å². The Morgan fingerprint density at radius 1 is 0.466 bits per heavy atom. The van der Waals surface area contributed by atoms with Gasteiger partial charge in [-0.2, -0.15) is 0 Å². The second-order valence-electron chi connectivity index (χ2n) is 18.3. The van der Waals surface area contributed by atoms with Crippen molar-refractivity contribution in [3.63, 3.8) is 0 Å². The third kappa shape index (κ3) is 6.68. The molecule has 0 aliphatic carbocycles. The standard InChI is InChI=1S/C53H52N4O/c1-51(2,3)38-29-39(52(4,5)6)31-41(30-38)56-35-55(47-23-14-15-24-48(47)56)40-19-16-20-42(33-40)58-43-25-26-45-44-21-12-13-22-46(44)57(49(45)34-43)50-32-37(27-28-54-50)53(7,8)36-17-10-9-11-18-36/h9-34H,35H2,1-8H3. The molecule has 5 heteroatoms. The van der Waals surface area contributed by atoms with Gasteiger partial charge in [0.1, 0.15) is 24.0 Å². The summed E-state index contributed by atoms with van der Waals surface area (Å²) in [6, 6.07) is 54.4. The lowest BCUT2D eigenvalue weighted by Crippen LogP contribution is -2.25. The number of anilines is 4. The molecule has 5 nitrogen and oxygen atoms in total. The molecule has 0 saturated heterocycles. The van der Waals surface area contributed by atoms with E-state index in [1.54, 1.807) is 0 Å². The van der Waals surface area contributed by atoms with Crippen molar-refractivity contribution in [2.24, 2.45) is 0 Å². The summed E-state index contributed by atoms with van der Waals surface area (Å²) >= 11 is 0. The molecule has 0 N–H and O–H groups in total. The summed E-state index contributed by atoms with van der Waals surface area (Å²) in [5.74, 6) is 2.43. The largest absolute Gasteiger partial charge is 0.457 e. The normalized spacial score (nSPS) is 13.4. The third-order valence-electron chi connectivity index (χ3n) is 11.9. The van der Waals surface area contributed by atoms with E-state index in [-0.39, 0.29) is 16.2 Å². The van der Waals surface area contributed by atoms with Crippen LogP contribution >= 0.6 is 0 Å². The molecule has 0 amide bonds. The number of aromatic nitrogens is 2. The maximum Gasteiger partial charge on any atom is 0.137 e. The number of para-hydroxylation sites is 3. The molecule has 0 atom stereocenters. The first-order valence-corrected chi connectivity index (χ1v) is 20.4. The van der Waals surface area contributed by atoms with Crippen LogP contribution in [0, 0.1) is 0 Å². The van der Waals surface area contributed by atoms with Gasteiger partial charge in [-0.1, -0.05) is 128 Å². The summed E-state index contributed by atoms with van der Waals surface area (Å²) in [5, 5.41) is 2.34. The predicted molar refractivity (Wildman–Crippen MR) is 243 cm³/mol. The lowest BCUT2D eigenvalue weighted by Gasteiger charge is -2.29. The van der Waals surface area contributed by atoms with Crippen LogP contribution < -0.4 is 14.5 Å². The Morgan fingerprint density at radius 3 is 1.79 bits per heavy atom. The molecule has 2 aromatic heterocycles. The van der Waals surface area contributed by atoms with Crippen LogP contribution in [0.2, 0.25) is 0 Å². The minimum Gasteiger partial charge on any atom is -0.457 e. The molecule has 3 heterocycles. The van der Waals surface area contributed by atoms with Crippen LogP contribution in [0.3, 0.4) is 0 Å². The minimum atomic E-state index is -0.199. The highest BCUT2D eigenvalue weighted by molar-refractivity contribution is 6.09. The van der Waals surface area contributed by atoms with E-state index < -0.39 is 0 Å². The molecule has 6 aromatic carbocycles. The highest BCUT2D eigenvalue weighted by atomic mass is 16.5. The average molecular weight is 761 g/mol. The molecule has 1 aliphatic heterocycles. The smallest absolute Gasteiger partial charge is 0.137 e. The molecule has 290 valence electrons. The van der Waals surface area contributed by atoms with E-state index >= 15 is 0 Å². The van der Waals surface area contributed by atoms with E-state index in [0.29, 0.717) is 6.67 Å². The van der Waals surface area contributed by atoms with Gasteiger partial charge in [-0.3, -0.25) is 4.57 Å². The molecule has 1 aliphatic rings. The molecular weight excluding hydrogens is 709 g/mol. The fourth-order valence-electron chi connectivity index (χ4n) is 8.35. The number of pyridine rings is 1. The highest BCUT2D eigenvalue weighted by Crippen LogP contribution is 2.46. The second-order valence-corrected chi connectivity index (χ2v) is 18.3. The van der Waals surface area contributed by atoms with Gasteiger partial charge in [0.15, 0.2) is 0 Å². The monoisotopic (exact) mass is 760 g/mol. The van der Waals surface area contributed by atoms with Crippen LogP contribution in [0.15, 0.2) is 158 Å². The van der Waals surface area contributed by atoms with Gasteiger partial charge >= 0.3 is 0 Å². The van der Waals surface area contributed by atoms with Crippen molar-refractivity contribution in [3.8, 4) is 17.3 Å². The van der Waals surface area contributed by atoms with Crippen LogP contribution in [0.5, 0.6) is 11.5 Å². The number of benzene rings is 6. The number of nitrogens with zero attached hydrogens (tertiary/aromatic N) is 4. The molecule has 0 saturated carbocycles. The summed E-state index contributed by atoms with van der Waals surface area (Å²) in [6.07, 6.45) is 1.93. The van der Waals surface area contributed by atoms with Gasteiger partial charge in [0, 0.05) is 45.9 Å². The Morgan fingerprint density at radius 2 is 1.09 bits per heavy atom. The Balaban J connectivity index is 1.07. The van der Waals surface area contributed by atoms with E-state index in [0.717, 1.165) is 39.4 Å². The molecular formula is C53H52N4O. The number of fused-ring (bicyclic) bond motifs is 4. The molecule has 0 bridgehead atoms. The summed E-state index contributed by atoms with van der Waals surface area (Å²) in [4.78, 5) is 9.79.